The van der Waals surface area contributed by atoms with Crippen molar-refractivity contribution in [3.05, 3.63) is 34.3 Å². The molecule has 1 N–H and O–H groups in total. The van der Waals surface area contributed by atoms with Gasteiger partial charge in [0.25, 0.3) is 0 Å². The smallest absolute Gasteiger partial charge is 0.328 e. The molecule has 0 atom stereocenters. The van der Waals surface area contributed by atoms with Crippen molar-refractivity contribution in [2.45, 2.75) is 12.8 Å². The summed E-state index contributed by atoms with van der Waals surface area (Å²) in [4.78, 5) is 12.9. The Kier molecular flexibility index (Phi) is 3.84. The number of carboxylic acid groups (broad SMARTS) is 1. The van der Waals surface area contributed by atoms with Crippen LogP contribution >= 0.6 is 15.9 Å². The minimum absolute atomic E-state index is 0.919. The van der Waals surface area contributed by atoms with E-state index in [4.69, 9.17) is 5.11 Å². The standard InChI is InChI=1S/C13H14BrNO2/c14-11-4-5-12(15-7-1-2-8-15)10(9-11)3-6-13(16)17/h3-6,9H,1-2,7-8H2,(H,16,17)/b6-3+. The molecule has 90 valence electrons. The lowest BCUT2D eigenvalue weighted by Gasteiger charge is -2.20. The van der Waals surface area contributed by atoms with Gasteiger partial charge in [-0.3, -0.25) is 0 Å². The topological polar surface area (TPSA) is 40.5 Å². The second-order valence-corrected chi connectivity index (χ2v) is 4.98. The van der Waals surface area contributed by atoms with E-state index in [0.29, 0.717) is 0 Å². The van der Waals surface area contributed by atoms with Gasteiger partial charge in [0.2, 0.25) is 0 Å². The van der Waals surface area contributed by atoms with Crippen LogP contribution < -0.4 is 4.90 Å². The summed E-state index contributed by atoms with van der Waals surface area (Å²) >= 11 is 3.41. The Balaban J connectivity index is 2.33. The fourth-order valence-corrected chi connectivity index (χ4v) is 2.44. The third-order valence-corrected chi connectivity index (χ3v) is 3.34. The van der Waals surface area contributed by atoms with Crippen molar-refractivity contribution in [2.75, 3.05) is 18.0 Å². The predicted molar refractivity (Wildman–Crippen MR) is 72.3 cm³/mol. The summed E-state index contributed by atoms with van der Waals surface area (Å²) in [5.41, 5.74) is 2.06. The number of nitrogens with zero attached hydrogens (tertiary/aromatic N) is 1. The van der Waals surface area contributed by atoms with Crippen LogP contribution in [0, 0.1) is 0 Å². The van der Waals surface area contributed by atoms with Crippen molar-refractivity contribution >= 4 is 33.7 Å². The van der Waals surface area contributed by atoms with Crippen molar-refractivity contribution < 1.29 is 9.90 Å². The van der Waals surface area contributed by atoms with Crippen LogP contribution in [0.5, 0.6) is 0 Å². The molecule has 0 amide bonds. The van der Waals surface area contributed by atoms with E-state index in [-0.39, 0.29) is 0 Å². The summed E-state index contributed by atoms with van der Waals surface area (Å²) in [5.74, 6) is -0.919. The number of benzene rings is 1. The number of carbonyl (C=O) groups is 1. The molecule has 17 heavy (non-hydrogen) atoms. The number of hydrogen-bond donors (Lipinski definition) is 1. The molecule has 0 spiro atoms. The number of rotatable bonds is 3. The zero-order chi connectivity index (χ0) is 12.3. The Hall–Kier alpha value is -1.29. The minimum atomic E-state index is -0.919. The van der Waals surface area contributed by atoms with Crippen molar-refractivity contribution in [1.29, 1.82) is 0 Å². The number of hydrogen-bond acceptors (Lipinski definition) is 2. The lowest BCUT2D eigenvalue weighted by molar-refractivity contribution is -0.131. The molecule has 1 fully saturated rings. The molecule has 3 nitrogen and oxygen atoms in total. The van der Waals surface area contributed by atoms with Crippen molar-refractivity contribution in [2.24, 2.45) is 0 Å². The van der Waals surface area contributed by atoms with Gasteiger partial charge in [0.1, 0.15) is 0 Å². The maximum absolute atomic E-state index is 10.6. The monoisotopic (exact) mass is 295 g/mol. The molecule has 1 saturated heterocycles. The number of halogens is 1. The largest absolute Gasteiger partial charge is 0.478 e. The van der Waals surface area contributed by atoms with Crippen LogP contribution in [0.3, 0.4) is 0 Å². The van der Waals surface area contributed by atoms with E-state index >= 15 is 0 Å². The van der Waals surface area contributed by atoms with Crippen LogP contribution in [0.1, 0.15) is 18.4 Å². The zero-order valence-electron chi connectivity index (χ0n) is 9.40. The van der Waals surface area contributed by atoms with E-state index in [2.05, 4.69) is 20.8 Å². The Bertz CT molecular complexity index is 451. The number of carboxylic acids is 1. The first-order valence-electron chi connectivity index (χ1n) is 5.62. The van der Waals surface area contributed by atoms with Crippen LogP contribution in [-0.4, -0.2) is 24.2 Å². The maximum Gasteiger partial charge on any atom is 0.328 e. The molecule has 0 aromatic heterocycles. The van der Waals surface area contributed by atoms with Crippen molar-refractivity contribution in [1.82, 2.24) is 0 Å². The van der Waals surface area contributed by atoms with Crippen LogP contribution in [0.2, 0.25) is 0 Å². The summed E-state index contributed by atoms with van der Waals surface area (Å²) in [5, 5.41) is 8.69. The van der Waals surface area contributed by atoms with Gasteiger partial charge in [-0.15, -0.1) is 0 Å². The molecular formula is C13H14BrNO2. The number of anilines is 1. The second kappa shape index (κ2) is 5.36. The van der Waals surface area contributed by atoms with Crippen molar-refractivity contribution in [3.8, 4) is 0 Å². The molecule has 1 aromatic carbocycles. The van der Waals surface area contributed by atoms with E-state index in [9.17, 15) is 4.79 Å². The van der Waals surface area contributed by atoms with Crippen LogP contribution in [0.4, 0.5) is 5.69 Å². The minimum Gasteiger partial charge on any atom is -0.478 e. The van der Waals surface area contributed by atoms with Gasteiger partial charge in [0, 0.05) is 29.3 Å². The fourth-order valence-electron chi connectivity index (χ4n) is 2.07. The molecule has 1 aromatic rings. The molecule has 0 aliphatic carbocycles. The zero-order valence-corrected chi connectivity index (χ0v) is 11.0. The second-order valence-electron chi connectivity index (χ2n) is 4.07. The van der Waals surface area contributed by atoms with Gasteiger partial charge in [0.05, 0.1) is 0 Å². The highest BCUT2D eigenvalue weighted by molar-refractivity contribution is 9.10. The van der Waals surface area contributed by atoms with Gasteiger partial charge < -0.3 is 10.0 Å². The Morgan fingerprint density at radius 2 is 2.06 bits per heavy atom. The highest BCUT2D eigenvalue weighted by Gasteiger charge is 2.14. The molecule has 1 heterocycles. The van der Waals surface area contributed by atoms with E-state index in [1.807, 2.05) is 18.2 Å². The summed E-state index contributed by atoms with van der Waals surface area (Å²) < 4.78 is 0.963. The lowest BCUT2D eigenvalue weighted by atomic mass is 10.1. The third kappa shape index (κ3) is 3.09. The van der Waals surface area contributed by atoms with Gasteiger partial charge in [-0.1, -0.05) is 15.9 Å². The quantitative estimate of drug-likeness (QED) is 0.871. The summed E-state index contributed by atoms with van der Waals surface area (Å²) in [6.07, 6.45) is 5.25. The summed E-state index contributed by atoms with van der Waals surface area (Å²) in [6, 6.07) is 5.98. The molecule has 1 aliphatic heterocycles. The van der Waals surface area contributed by atoms with Gasteiger partial charge in [-0.05, 0) is 42.7 Å². The molecule has 0 saturated carbocycles. The van der Waals surface area contributed by atoms with E-state index in [0.717, 1.165) is 28.8 Å². The average molecular weight is 296 g/mol. The van der Waals surface area contributed by atoms with Gasteiger partial charge in [0.15, 0.2) is 0 Å². The van der Waals surface area contributed by atoms with E-state index in [1.54, 1.807) is 6.08 Å². The molecule has 1 aliphatic rings. The fraction of sp³-hybridized carbons (Fsp3) is 0.308. The van der Waals surface area contributed by atoms with Crippen LogP contribution in [-0.2, 0) is 4.79 Å². The van der Waals surface area contributed by atoms with Gasteiger partial charge >= 0.3 is 5.97 Å². The molecule has 0 radical (unpaired) electrons. The van der Waals surface area contributed by atoms with Crippen LogP contribution in [0.25, 0.3) is 6.08 Å². The summed E-state index contributed by atoms with van der Waals surface area (Å²) in [6.45, 7) is 2.10. The summed E-state index contributed by atoms with van der Waals surface area (Å²) in [7, 11) is 0. The number of aliphatic carboxylic acids is 1. The molecular weight excluding hydrogens is 282 g/mol. The van der Waals surface area contributed by atoms with E-state index < -0.39 is 5.97 Å². The van der Waals surface area contributed by atoms with Crippen molar-refractivity contribution in [3.63, 3.8) is 0 Å². The third-order valence-electron chi connectivity index (χ3n) is 2.84. The maximum atomic E-state index is 10.6. The Morgan fingerprint density at radius 3 is 2.71 bits per heavy atom. The Labute approximate surface area is 109 Å². The predicted octanol–water partition coefficient (Wildman–Crippen LogP) is 3.15. The normalized spacial score (nSPS) is 15.7. The average Bonchev–Trinajstić information content (AvgIpc) is 2.80. The SMILES string of the molecule is O=C(O)/C=C/c1cc(Br)ccc1N1CCCC1. The highest BCUT2D eigenvalue weighted by atomic mass is 79.9. The van der Waals surface area contributed by atoms with Gasteiger partial charge in [-0.25, -0.2) is 4.79 Å². The first kappa shape index (κ1) is 12.2. The first-order chi connectivity index (χ1) is 8.16. The molecule has 4 heteroatoms. The first-order valence-corrected chi connectivity index (χ1v) is 6.41. The molecule has 2 rings (SSSR count). The molecule has 0 unspecified atom stereocenters. The van der Waals surface area contributed by atoms with Gasteiger partial charge in [-0.2, -0.15) is 0 Å². The lowest BCUT2D eigenvalue weighted by Crippen LogP contribution is -2.18. The molecule has 0 bridgehead atoms. The van der Waals surface area contributed by atoms with Crippen LogP contribution in [0.15, 0.2) is 28.7 Å². The van der Waals surface area contributed by atoms with E-state index in [1.165, 1.54) is 18.9 Å². The highest BCUT2D eigenvalue weighted by Crippen LogP contribution is 2.28. The Morgan fingerprint density at radius 1 is 1.35 bits per heavy atom.